The van der Waals surface area contributed by atoms with E-state index in [-0.39, 0.29) is 0 Å². The SMILES string of the molecule is CC[Si](CC)(CC)OC=C(O[Si](C)(C)C)O[Si](CC)(CC)CC. The van der Waals surface area contributed by atoms with E-state index in [1.165, 1.54) is 0 Å². The highest BCUT2D eigenvalue weighted by molar-refractivity contribution is 6.74. The molecule has 0 spiro atoms. The molecule has 0 saturated heterocycles. The van der Waals surface area contributed by atoms with Gasteiger partial charge in [0.1, 0.15) is 6.26 Å². The summed E-state index contributed by atoms with van der Waals surface area (Å²) < 4.78 is 19.1. The Labute approximate surface area is 148 Å². The largest absolute Gasteiger partial charge is 0.544 e. The molecule has 138 valence electrons. The fourth-order valence-corrected chi connectivity index (χ4v) is 8.30. The molecule has 0 unspecified atom stereocenters. The zero-order valence-electron chi connectivity index (χ0n) is 17.0. The van der Waals surface area contributed by atoms with Gasteiger partial charge in [-0.3, -0.25) is 0 Å². The van der Waals surface area contributed by atoms with E-state index in [0.29, 0.717) is 5.95 Å². The molecule has 0 fully saturated rings. The van der Waals surface area contributed by atoms with Gasteiger partial charge in [0.25, 0.3) is 14.3 Å². The lowest BCUT2D eigenvalue weighted by molar-refractivity contribution is 0.192. The average Bonchev–Trinajstić information content (AvgIpc) is 2.53. The molecule has 0 amide bonds. The van der Waals surface area contributed by atoms with Gasteiger partial charge in [0.05, 0.1) is 0 Å². The van der Waals surface area contributed by atoms with E-state index in [2.05, 4.69) is 61.2 Å². The Morgan fingerprint density at radius 1 is 0.652 bits per heavy atom. The standard InChI is InChI=1S/C17H40O3Si3/c1-10-22(11-2,12-3)18-16-17(19-21(7,8)9)20-23(13-4,14-5)15-6/h16H,10-15H2,1-9H3. The first kappa shape index (κ1) is 22.8. The third-order valence-corrected chi connectivity index (χ3v) is 14.8. The molecule has 0 aliphatic rings. The molecule has 0 aromatic heterocycles. The zero-order valence-corrected chi connectivity index (χ0v) is 20.0. The van der Waals surface area contributed by atoms with Crippen LogP contribution in [0.1, 0.15) is 41.5 Å². The van der Waals surface area contributed by atoms with Crippen LogP contribution in [0.25, 0.3) is 0 Å². The normalized spacial score (nSPS) is 13.9. The van der Waals surface area contributed by atoms with Crippen molar-refractivity contribution in [3.63, 3.8) is 0 Å². The summed E-state index contributed by atoms with van der Waals surface area (Å²) in [7, 11) is -5.13. The summed E-state index contributed by atoms with van der Waals surface area (Å²) in [5, 5.41) is 0. The highest BCUT2D eigenvalue weighted by atomic mass is 28.4. The van der Waals surface area contributed by atoms with Crippen LogP contribution in [0.5, 0.6) is 0 Å². The zero-order chi connectivity index (χ0) is 18.1. The van der Waals surface area contributed by atoms with E-state index < -0.39 is 25.0 Å². The Morgan fingerprint density at radius 3 is 1.35 bits per heavy atom. The molecular formula is C17H40O3Si3. The minimum absolute atomic E-state index is 0.661. The Morgan fingerprint density at radius 2 is 1.04 bits per heavy atom. The molecule has 3 nitrogen and oxygen atoms in total. The van der Waals surface area contributed by atoms with Gasteiger partial charge in [-0.15, -0.1) is 0 Å². The maximum Gasteiger partial charge on any atom is 0.286 e. The second-order valence-corrected chi connectivity index (χ2v) is 21.2. The lowest BCUT2D eigenvalue weighted by atomic mass is 10.9. The quantitative estimate of drug-likeness (QED) is 0.281. The van der Waals surface area contributed by atoms with Crippen LogP contribution in [0, 0.1) is 0 Å². The molecule has 0 aromatic rings. The van der Waals surface area contributed by atoms with Crippen molar-refractivity contribution in [2.45, 2.75) is 97.4 Å². The predicted molar refractivity (Wildman–Crippen MR) is 109 cm³/mol. The van der Waals surface area contributed by atoms with Crippen molar-refractivity contribution in [1.82, 2.24) is 0 Å². The second kappa shape index (κ2) is 9.94. The second-order valence-electron chi connectivity index (χ2n) is 7.36. The molecular weight excluding hydrogens is 336 g/mol. The van der Waals surface area contributed by atoms with E-state index >= 15 is 0 Å². The first-order valence-electron chi connectivity index (χ1n) is 9.41. The molecule has 0 atom stereocenters. The summed E-state index contributed by atoms with van der Waals surface area (Å²) in [6.45, 7) is 20.1. The van der Waals surface area contributed by atoms with E-state index in [1.807, 2.05) is 6.26 Å². The van der Waals surface area contributed by atoms with Crippen molar-refractivity contribution < 1.29 is 13.3 Å². The number of hydrogen-bond donors (Lipinski definition) is 0. The van der Waals surface area contributed by atoms with Crippen LogP contribution in [0.3, 0.4) is 0 Å². The number of hydrogen-bond acceptors (Lipinski definition) is 3. The fraction of sp³-hybridized carbons (Fsp3) is 0.882. The maximum absolute atomic E-state index is 6.50. The van der Waals surface area contributed by atoms with Gasteiger partial charge in [0, 0.05) is 0 Å². The maximum atomic E-state index is 6.50. The van der Waals surface area contributed by atoms with E-state index in [4.69, 9.17) is 13.3 Å². The van der Waals surface area contributed by atoms with Gasteiger partial charge in [-0.05, 0) is 55.9 Å². The van der Waals surface area contributed by atoms with Crippen LogP contribution in [0.15, 0.2) is 12.2 Å². The summed E-state index contributed by atoms with van der Waals surface area (Å²) in [6, 6.07) is 6.75. The summed E-state index contributed by atoms with van der Waals surface area (Å²) in [5.74, 6) is 0.661. The van der Waals surface area contributed by atoms with Crippen molar-refractivity contribution in [3.05, 3.63) is 12.2 Å². The Bertz CT molecular complexity index is 340. The predicted octanol–water partition coefficient (Wildman–Crippen LogP) is 6.68. The first-order chi connectivity index (χ1) is 10.6. The molecule has 0 saturated carbocycles. The van der Waals surface area contributed by atoms with Crippen molar-refractivity contribution in [2.24, 2.45) is 0 Å². The Balaban J connectivity index is 5.40. The van der Waals surface area contributed by atoms with Gasteiger partial charge in [-0.25, -0.2) is 0 Å². The van der Waals surface area contributed by atoms with Gasteiger partial charge >= 0.3 is 0 Å². The highest BCUT2D eigenvalue weighted by Crippen LogP contribution is 2.28. The van der Waals surface area contributed by atoms with Gasteiger partial charge in [-0.2, -0.15) is 0 Å². The molecule has 0 aliphatic carbocycles. The molecule has 0 heterocycles. The Hall–Kier alpha value is -0.209. The van der Waals surface area contributed by atoms with Crippen molar-refractivity contribution >= 4 is 25.0 Å². The summed E-state index contributed by atoms with van der Waals surface area (Å²) in [4.78, 5) is 0. The van der Waals surface area contributed by atoms with Crippen LogP contribution >= 0.6 is 0 Å². The monoisotopic (exact) mass is 376 g/mol. The molecule has 23 heavy (non-hydrogen) atoms. The van der Waals surface area contributed by atoms with Gasteiger partial charge in [0.2, 0.25) is 16.6 Å². The summed E-state index contributed by atoms with van der Waals surface area (Å²) in [5.41, 5.74) is 0. The topological polar surface area (TPSA) is 27.7 Å². The van der Waals surface area contributed by atoms with Crippen LogP contribution in [-0.2, 0) is 13.3 Å². The van der Waals surface area contributed by atoms with Crippen LogP contribution in [0.4, 0.5) is 0 Å². The molecule has 0 N–H and O–H groups in total. The number of rotatable bonds is 12. The lowest BCUT2D eigenvalue weighted by Gasteiger charge is -2.34. The third kappa shape index (κ3) is 7.47. The highest BCUT2D eigenvalue weighted by Gasteiger charge is 2.35. The van der Waals surface area contributed by atoms with Crippen LogP contribution < -0.4 is 0 Å². The molecule has 0 radical (unpaired) electrons. The summed E-state index contributed by atoms with van der Waals surface area (Å²) in [6.07, 6.45) is 1.84. The van der Waals surface area contributed by atoms with Crippen molar-refractivity contribution in [3.8, 4) is 0 Å². The Kier molecular flexibility index (Phi) is 9.84. The molecule has 0 aliphatic heterocycles. The fourth-order valence-electron chi connectivity index (χ4n) is 2.72. The smallest absolute Gasteiger partial charge is 0.286 e. The van der Waals surface area contributed by atoms with Gasteiger partial charge in [0.15, 0.2) is 0 Å². The van der Waals surface area contributed by atoms with Crippen LogP contribution in [-0.4, -0.2) is 25.0 Å². The average molecular weight is 377 g/mol. The van der Waals surface area contributed by atoms with Crippen molar-refractivity contribution in [1.29, 1.82) is 0 Å². The molecule has 0 rings (SSSR count). The minimum atomic E-state index is -1.74. The first-order valence-corrected chi connectivity index (χ1v) is 17.9. The van der Waals surface area contributed by atoms with Gasteiger partial charge < -0.3 is 13.3 Å². The minimum Gasteiger partial charge on any atom is -0.544 e. The van der Waals surface area contributed by atoms with E-state index in [0.717, 1.165) is 36.3 Å². The lowest BCUT2D eigenvalue weighted by Crippen LogP contribution is -2.39. The van der Waals surface area contributed by atoms with Gasteiger partial charge in [-0.1, -0.05) is 41.5 Å². The van der Waals surface area contributed by atoms with E-state index in [1.54, 1.807) is 0 Å². The van der Waals surface area contributed by atoms with E-state index in [9.17, 15) is 0 Å². The molecule has 0 aromatic carbocycles. The summed E-state index contributed by atoms with van der Waals surface area (Å²) >= 11 is 0. The molecule has 6 heteroatoms. The third-order valence-electron chi connectivity index (χ3n) is 5.00. The van der Waals surface area contributed by atoms with Crippen molar-refractivity contribution in [2.75, 3.05) is 0 Å². The molecule has 0 bridgehead atoms. The van der Waals surface area contributed by atoms with Crippen LogP contribution in [0.2, 0.25) is 55.9 Å².